The molecule has 0 radical (unpaired) electrons. The first-order chi connectivity index (χ1) is 9.88. The largest absolute Gasteiger partial charge is 0.416 e. The lowest BCUT2D eigenvalue weighted by atomic mass is 10.0. The number of alkyl halides is 3. The first-order valence-corrected chi connectivity index (χ1v) is 6.62. The van der Waals surface area contributed by atoms with Crippen molar-refractivity contribution < 1.29 is 13.2 Å². The van der Waals surface area contributed by atoms with Gasteiger partial charge in [-0.15, -0.1) is 0 Å². The van der Waals surface area contributed by atoms with Gasteiger partial charge in [-0.1, -0.05) is 18.2 Å². The molecule has 1 aromatic heterocycles. The predicted octanol–water partition coefficient (Wildman–Crippen LogP) is 3.04. The minimum Gasteiger partial charge on any atom is -0.306 e. The zero-order valence-corrected chi connectivity index (χ0v) is 11.8. The van der Waals surface area contributed by atoms with E-state index in [1.54, 1.807) is 24.0 Å². The van der Waals surface area contributed by atoms with Gasteiger partial charge in [0.05, 0.1) is 12.1 Å². The minimum atomic E-state index is -4.35. The minimum absolute atomic E-state index is 0.0389. The van der Waals surface area contributed by atoms with Gasteiger partial charge in [-0.25, -0.2) is 4.98 Å². The fourth-order valence-electron chi connectivity index (χ4n) is 2.31. The molecule has 0 aliphatic carbocycles. The molecule has 21 heavy (non-hydrogen) atoms. The third-order valence-corrected chi connectivity index (χ3v) is 3.19. The first kappa shape index (κ1) is 15.5. The van der Waals surface area contributed by atoms with Crippen LogP contribution in [0.25, 0.3) is 0 Å². The predicted molar refractivity (Wildman–Crippen MR) is 72.5 cm³/mol. The maximum Gasteiger partial charge on any atom is 0.416 e. The molecular weight excluding hydrogens is 281 g/mol. The second-order valence-corrected chi connectivity index (χ2v) is 4.99. The van der Waals surface area contributed by atoms with Gasteiger partial charge in [-0.2, -0.15) is 18.3 Å². The van der Waals surface area contributed by atoms with Gasteiger partial charge >= 0.3 is 6.18 Å². The third-order valence-electron chi connectivity index (χ3n) is 3.19. The molecule has 2 rings (SSSR count). The Morgan fingerprint density at radius 2 is 1.95 bits per heavy atom. The number of halogens is 3. The molecule has 0 bridgehead atoms. The van der Waals surface area contributed by atoms with E-state index in [9.17, 15) is 13.2 Å². The lowest BCUT2D eigenvalue weighted by molar-refractivity contribution is -0.138. The standard InChI is InChI=1S/C14H17F3N4/c1-10(7-21-9-18-8-19-21)20-11(2)12-5-3-4-6-13(12)14(15,16)17/h3-6,8-11,20H,7H2,1-2H3/t10-,11+/m1/s1. The van der Waals surface area contributed by atoms with E-state index < -0.39 is 17.8 Å². The average Bonchev–Trinajstić information content (AvgIpc) is 2.90. The Bertz CT molecular complexity index is 566. The molecule has 0 spiro atoms. The summed E-state index contributed by atoms with van der Waals surface area (Å²) in [6, 6.07) is 5.17. The van der Waals surface area contributed by atoms with E-state index in [0.29, 0.717) is 6.54 Å². The Morgan fingerprint density at radius 3 is 2.57 bits per heavy atom. The fourth-order valence-corrected chi connectivity index (χ4v) is 2.31. The molecule has 0 unspecified atom stereocenters. The Morgan fingerprint density at radius 1 is 1.24 bits per heavy atom. The van der Waals surface area contributed by atoms with Crippen LogP contribution in [-0.4, -0.2) is 20.8 Å². The summed E-state index contributed by atoms with van der Waals surface area (Å²) in [4.78, 5) is 3.83. The molecular formula is C14H17F3N4. The molecule has 1 aromatic carbocycles. The van der Waals surface area contributed by atoms with E-state index >= 15 is 0 Å². The maximum absolute atomic E-state index is 13.0. The number of hydrogen-bond donors (Lipinski definition) is 1. The second kappa shape index (κ2) is 6.26. The van der Waals surface area contributed by atoms with E-state index in [1.165, 1.54) is 18.5 Å². The summed E-state index contributed by atoms with van der Waals surface area (Å²) >= 11 is 0. The molecule has 0 aliphatic heterocycles. The SMILES string of the molecule is C[C@H](Cn1cncn1)N[C@@H](C)c1ccccc1C(F)(F)F. The topological polar surface area (TPSA) is 42.7 Å². The molecule has 2 aromatic rings. The van der Waals surface area contributed by atoms with E-state index in [0.717, 1.165) is 6.07 Å². The van der Waals surface area contributed by atoms with Gasteiger partial charge in [0.15, 0.2) is 0 Å². The van der Waals surface area contributed by atoms with Gasteiger partial charge in [0.1, 0.15) is 12.7 Å². The average molecular weight is 298 g/mol. The van der Waals surface area contributed by atoms with Crippen LogP contribution in [0.5, 0.6) is 0 Å². The molecule has 0 fully saturated rings. The summed E-state index contributed by atoms with van der Waals surface area (Å²) < 4.78 is 40.6. The summed E-state index contributed by atoms with van der Waals surface area (Å²) in [5, 5.41) is 7.14. The van der Waals surface area contributed by atoms with Crippen molar-refractivity contribution in [1.82, 2.24) is 20.1 Å². The number of rotatable bonds is 5. The lowest BCUT2D eigenvalue weighted by Gasteiger charge is -2.23. The number of hydrogen-bond acceptors (Lipinski definition) is 3. The van der Waals surface area contributed by atoms with Crippen LogP contribution in [0.2, 0.25) is 0 Å². The van der Waals surface area contributed by atoms with Crippen molar-refractivity contribution in [1.29, 1.82) is 0 Å². The van der Waals surface area contributed by atoms with Crippen molar-refractivity contribution in [2.24, 2.45) is 0 Å². The van der Waals surface area contributed by atoms with Crippen molar-refractivity contribution in [3.05, 3.63) is 48.0 Å². The quantitative estimate of drug-likeness (QED) is 0.922. The van der Waals surface area contributed by atoms with E-state index in [1.807, 2.05) is 6.92 Å². The van der Waals surface area contributed by atoms with Crippen LogP contribution in [0.15, 0.2) is 36.9 Å². The van der Waals surface area contributed by atoms with Crippen LogP contribution < -0.4 is 5.32 Å². The van der Waals surface area contributed by atoms with Crippen molar-refractivity contribution in [3.8, 4) is 0 Å². The summed E-state index contributed by atoms with van der Waals surface area (Å²) in [5.41, 5.74) is -0.353. The molecule has 0 aliphatic rings. The summed E-state index contributed by atoms with van der Waals surface area (Å²) in [5.74, 6) is 0. The smallest absolute Gasteiger partial charge is 0.306 e. The Balaban J connectivity index is 2.08. The van der Waals surface area contributed by atoms with Crippen molar-refractivity contribution in [2.75, 3.05) is 0 Å². The zero-order chi connectivity index (χ0) is 15.5. The summed E-state index contributed by atoms with van der Waals surface area (Å²) in [6.45, 7) is 4.16. The van der Waals surface area contributed by atoms with Gasteiger partial charge < -0.3 is 5.32 Å². The van der Waals surface area contributed by atoms with Crippen molar-refractivity contribution in [2.45, 2.75) is 38.7 Å². The Kier molecular flexibility index (Phi) is 4.62. The Labute approximate surface area is 121 Å². The van der Waals surface area contributed by atoms with Crippen LogP contribution in [0.3, 0.4) is 0 Å². The molecule has 114 valence electrons. The molecule has 0 saturated heterocycles. The van der Waals surface area contributed by atoms with Gasteiger partial charge in [0, 0.05) is 12.1 Å². The number of benzene rings is 1. The lowest BCUT2D eigenvalue weighted by Crippen LogP contribution is -2.33. The highest BCUT2D eigenvalue weighted by Crippen LogP contribution is 2.34. The van der Waals surface area contributed by atoms with Crippen molar-refractivity contribution >= 4 is 0 Å². The van der Waals surface area contributed by atoms with E-state index in [-0.39, 0.29) is 11.6 Å². The fraction of sp³-hybridized carbons (Fsp3) is 0.429. The number of nitrogens with zero attached hydrogens (tertiary/aromatic N) is 3. The van der Waals surface area contributed by atoms with Gasteiger partial charge in [-0.05, 0) is 25.5 Å². The first-order valence-electron chi connectivity index (χ1n) is 6.62. The highest BCUT2D eigenvalue weighted by Gasteiger charge is 2.34. The Hall–Kier alpha value is -1.89. The highest BCUT2D eigenvalue weighted by molar-refractivity contribution is 5.32. The van der Waals surface area contributed by atoms with Crippen molar-refractivity contribution in [3.63, 3.8) is 0 Å². The monoisotopic (exact) mass is 298 g/mol. The van der Waals surface area contributed by atoms with Crippen LogP contribution in [0.1, 0.15) is 31.0 Å². The number of nitrogens with one attached hydrogen (secondary N) is 1. The van der Waals surface area contributed by atoms with Crippen LogP contribution in [-0.2, 0) is 12.7 Å². The molecule has 1 heterocycles. The molecule has 7 heteroatoms. The normalized spacial score (nSPS) is 14.9. The van der Waals surface area contributed by atoms with Gasteiger partial charge in [0.2, 0.25) is 0 Å². The van der Waals surface area contributed by atoms with Gasteiger partial charge in [0.25, 0.3) is 0 Å². The highest BCUT2D eigenvalue weighted by atomic mass is 19.4. The molecule has 2 atom stereocenters. The maximum atomic E-state index is 13.0. The van der Waals surface area contributed by atoms with E-state index in [2.05, 4.69) is 15.4 Å². The summed E-state index contributed by atoms with van der Waals surface area (Å²) in [7, 11) is 0. The van der Waals surface area contributed by atoms with Crippen LogP contribution >= 0.6 is 0 Å². The van der Waals surface area contributed by atoms with Crippen LogP contribution in [0.4, 0.5) is 13.2 Å². The number of aromatic nitrogens is 3. The van der Waals surface area contributed by atoms with Gasteiger partial charge in [-0.3, -0.25) is 4.68 Å². The molecule has 1 N–H and O–H groups in total. The van der Waals surface area contributed by atoms with E-state index in [4.69, 9.17) is 0 Å². The zero-order valence-electron chi connectivity index (χ0n) is 11.8. The van der Waals surface area contributed by atoms with Crippen LogP contribution in [0, 0.1) is 0 Å². The molecule has 4 nitrogen and oxygen atoms in total. The molecule has 0 saturated carbocycles. The summed E-state index contributed by atoms with van der Waals surface area (Å²) in [6.07, 6.45) is -1.34. The molecule has 0 amide bonds. The third kappa shape index (κ3) is 4.04. The second-order valence-electron chi connectivity index (χ2n) is 4.99.